The Labute approximate surface area is 107 Å². The number of benzene rings is 1. The maximum absolute atomic E-state index is 9.05. The van der Waals surface area contributed by atoms with Crippen molar-refractivity contribution in [3.63, 3.8) is 0 Å². The van der Waals surface area contributed by atoms with Gasteiger partial charge in [-0.15, -0.1) is 0 Å². The van der Waals surface area contributed by atoms with E-state index >= 15 is 0 Å². The van der Waals surface area contributed by atoms with Crippen molar-refractivity contribution in [2.45, 2.75) is 24.4 Å². The van der Waals surface area contributed by atoms with Crippen LogP contribution < -0.4 is 10.1 Å². The Bertz CT molecular complexity index is 509. The van der Waals surface area contributed by atoms with Crippen LogP contribution in [0.1, 0.15) is 17.5 Å². The molecule has 4 heteroatoms. The van der Waals surface area contributed by atoms with Gasteiger partial charge in [-0.2, -0.15) is 5.26 Å². The highest BCUT2D eigenvalue weighted by molar-refractivity contribution is 5.44. The van der Waals surface area contributed by atoms with Crippen LogP contribution >= 0.6 is 0 Å². The minimum absolute atomic E-state index is 0.180. The molecule has 18 heavy (non-hydrogen) atoms. The molecule has 1 fully saturated rings. The summed E-state index contributed by atoms with van der Waals surface area (Å²) in [5.74, 6) is 0.888. The summed E-state index contributed by atoms with van der Waals surface area (Å²) in [4.78, 5) is 0. The Balaban J connectivity index is 1.96. The van der Waals surface area contributed by atoms with E-state index in [1.54, 1.807) is 7.11 Å². The van der Waals surface area contributed by atoms with Gasteiger partial charge in [0.15, 0.2) is 0 Å². The van der Waals surface area contributed by atoms with Crippen molar-refractivity contribution in [1.82, 2.24) is 5.32 Å². The van der Waals surface area contributed by atoms with Gasteiger partial charge >= 0.3 is 0 Å². The Hall–Kier alpha value is -1.57. The summed E-state index contributed by atoms with van der Waals surface area (Å²) in [6, 6.07) is 8.19. The zero-order valence-corrected chi connectivity index (χ0v) is 10.4. The highest BCUT2D eigenvalue weighted by Gasteiger charge is 2.43. The van der Waals surface area contributed by atoms with Crippen LogP contribution in [0.3, 0.4) is 0 Å². The summed E-state index contributed by atoms with van der Waals surface area (Å²) in [5, 5.41) is 12.5. The fourth-order valence-electron chi connectivity index (χ4n) is 2.99. The third-order valence-electron chi connectivity index (χ3n) is 3.89. The Kier molecular flexibility index (Phi) is 2.73. The summed E-state index contributed by atoms with van der Waals surface area (Å²) in [5.41, 5.74) is 2.37. The van der Waals surface area contributed by atoms with E-state index in [4.69, 9.17) is 14.7 Å². The second kappa shape index (κ2) is 4.27. The number of nitrogens with one attached hydrogen (secondary N) is 1. The first-order chi connectivity index (χ1) is 8.77. The van der Waals surface area contributed by atoms with Crippen LogP contribution in [-0.2, 0) is 16.7 Å². The lowest BCUT2D eigenvalue weighted by molar-refractivity contribution is 0.00989. The van der Waals surface area contributed by atoms with E-state index in [1.807, 2.05) is 6.07 Å². The molecule has 1 aromatic carbocycles. The quantitative estimate of drug-likeness (QED) is 0.810. The summed E-state index contributed by atoms with van der Waals surface area (Å²) >= 11 is 0. The third kappa shape index (κ3) is 1.67. The molecule has 1 aliphatic heterocycles. The van der Waals surface area contributed by atoms with E-state index < -0.39 is 0 Å². The van der Waals surface area contributed by atoms with Crippen molar-refractivity contribution in [2.75, 3.05) is 20.3 Å². The molecular weight excluding hydrogens is 228 g/mol. The van der Waals surface area contributed by atoms with Crippen LogP contribution in [0.15, 0.2) is 18.2 Å². The lowest BCUT2D eigenvalue weighted by atomic mass is 9.90. The molecule has 2 aliphatic rings. The molecule has 1 N–H and O–H groups in total. The standard InChI is InChI=1S/C14H16N2O2/c1-17-12-2-3-13-10(6-12)4-5-14(13)9-18-8-11(7-15)16-14/h2-3,6,11,16H,4-5,8-9H2,1H3. The minimum atomic E-state index is -0.216. The van der Waals surface area contributed by atoms with E-state index in [9.17, 15) is 0 Å². The smallest absolute Gasteiger partial charge is 0.120 e. The van der Waals surface area contributed by atoms with Crippen LogP contribution in [0, 0.1) is 11.3 Å². The summed E-state index contributed by atoms with van der Waals surface area (Å²) in [6.07, 6.45) is 1.98. The monoisotopic (exact) mass is 244 g/mol. The molecule has 2 unspecified atom stereocenters. The van der Waals surface area contributed by atoms with Crippen LogP contribution in [0.5, 0.6) is 5.75 Å². The molecule has 0 amide bonds. The highest BCUT2D eigenvalue weighted by atomic mass is 16.5. The second-order valence-electron chi connectivity index (χ2n) is 4.95. The van der Waals surface area contributed by atoms with Gasteiger partial charge in [0.05, 0.1) is 31.9 Å². The number of nitrogens with zero attached hydrogens (tertiary/aromatic N) is 1. The normalized spacial score (nSPS) is 29.9. The largest absolute Gasteiger partial charge is 0.497 e. The number of rotatable bonds is 1. The van der Waals surface area contributed by atoms with E-state index in [2.05, 4.69) is 23.5 Å². The molecule has 0 radical (unpaired) electrons. The number of aryl methyl sites for hydroxylation is 1. The average Bonchev–Trinajstić information content (AvgIpc) is 2.77. The van der Waals surface area contributed by atoms with Crippen LogP contribution in [0.2, 0.25) is 0 Å². The topological polar surface area (TPSA) is 54.3 Å². The maximum Gasteiger partial charge on any atom is 0.120 e. The average molecular weight is 244 g/mol. The molecule has 1 aromatic rings. The number of hydrogen-bond donors (Lipinski definition) is 1. The van der Waals surface area contributed by atoms with Gasteiger partial charge in [0.2, 0.25) is 0 Å². The van der Waals surface area contributed by atoms with Gasteiger partial charge in [-0.25, -0.2) is 0 Å². The Morgan fingerprint density at radius 3 is 3.22 bits per heavy atom. The molecular formula is C14H16N2O2. The number of fused-ring (bicyclic) bond motifs is 2. The van der Waals surface area contributed by atoms with Crippen molar-refractivity contribution in [1.29, 1.82) is 5.26 Å². The van der Waals surface area contributed by atoms with Gasteiger partial charge in [-0.05, 0) is 36.1 Å². The molecule has 0 aromatic heterocycles. The van der Waals surface area contributed by atoms with Gasteiger partial charge in [0.1, 0.15) is 11.8 Å². The van der Waals surface area contributed by atoms with E-state index in [-0.39, 0.29) is 11.6 Å². The highest BCUT2D eigenvalue weighted by Crippen LogP contribution is 2.40. The molecule has 94 valence electrons. The van der Waals surface area contributed by atoms with Gasteiger partial charge in [-0.1, -0.05) is 6.07 Å². The van der Waals surface area contributed by atoms with Crippen molar-refractivity contribution in [3.8, 4) is 11.8 Å². The molecule has 3 rings (SSSR count). The third-order valence-corrected chi connectivity index (χ3v) is 3.89. The zero-order valence-electron chi connectivity index (χ0n) is 10.4. The van der Waals surface area contributed by atoms with Crippen molar-refractivity contribution >= 4 is 0 Å². The fraction of sp³-hybridized carbons (Fsp3) is 0.500. The van der Waals surface area contributed by atoms with Crippen molar-refractivity contribution in [2.24, 2.45) is 0 Å². The van der Waals surface area contributed by atoms with Gasteiger partial charge in [0.25, 0.3) is 0 Å². The summed E-state index contributed by atoms with van der Waals surface area (Å²) < 4.78 is 10.9. The lowest BCUT2D eigenvalue weighted by Crippen LogP contribution is -2.55. The van der Waals surface area contributed by atoms with Gasteiger partial charge in [-0.3, -0.25) is 5.32 Å². The minimum Gasteiger partial charge on any atom is -0.497 e. The molecule has 0 saturated carbocycles. The molecule has 2 atom stereocenters. The lowest BCUT2D eigenvalue weighted by Gasteiger charge is -2.38. The fourth-order valence-corrected chi connectivity index (χ4v) is 2.99. The predicted octanol–water partition coefficient (Wildman–Crippen LogP) is 1.35. The zero-order chi connectivity index (χ0) is 12.6. The number of ether oxygens (including phenoxy) is 2. The molecule has 1 saturated heterocycles. The van der Waals surface area contributed by atoms with Crippen molar-refractivity contribution < 1.29 is 9.47 Å². The molecule has 1 aliphatic carbocycles. The van der Waals surface area contributed by atoms with Crippen molar-refractivity contribution in [3.05, 3.63) is 29.3 Å². The SMILES string of the molecule is COc1ccc2c(c1)CCC21COCC(C#N)N1. The van der Waals surface area contributed by atoms with E-state index in [0.717, 1.165) is 18.6 Å². The van der Waals surface area contributed by atoms with Crippen LogP contribution in [0.4, 0.5) is 0 Å². The first-order valence-electron chi connectivity index (χ1n) is 6.20. The summed E-state index contributed by atoms with van der Waals surface area (Å²) in [7, 11) is 1.68. The molecule has 4 nitrogen and oxygen atoms in total. The first-order valence-corrected chi connectivity index (χ1v) is 6.20. The van der Waals surface area contributed by atoms with Crippen LogP contribution in [0.25, 0.3) is 0 Å². The number of nitriles is 1. The maximum atomic E-state index is 9.05. The molecule has 1 heterocycles. The molecule has 1 spiro atoms. The van der Waals surface area contributed by atoms with Crippen LogP contribution in [-0.4, -0.2) is 26.4 Å². The Morgan fingerprint density at radius 1 is 1.56 bits per heavy atom. The van der Waals surface area contributed by atoms with E-state index in [0.29, 0.717) is 13.2 Å². The molecule has 0 bridgehead atoms. The number of hydrogen-bond acceptors (Lipinski definition) is 4. The summed E-state index contributed by atoms with van der Waals surface area (Å²) in [6.45, 7) is 1.12. The number of morpholine rings is 1. The van der Waals surface area contributed by atoms with Gasteiger partial charge in [0, 0.05) is 0 Å². The predicted molar refractivity (Wildman–Crippen MR) is 66.3 cm³/mol. The first kappa shape index (κ1) is 11.5. The second-order valence-corrected chi connectivity index (χ2v) is 4.95. The number of methoxy groups -OCH3 is 1. The van der Waals surface area contributed by atoms with E-state index in [1.165, 1.54) is 11.1 Å². The Morgan fingerprint density at radius 2 is 2.44 bits per heavy atom. The van der Waals surface area contributed by atoms with Gasteiger partial charge < -0.3 is 9.47 Å².